The zero-order valence-corrected chi connectivity index (χ0v) is 15.7. The number of benzene rings is 2. The molecule has 6 nitrogen and oxygen atoms in total. The third-order valence-corrected chi connectivity index (χ3v) is 5.73. The molecule has 144 valence electrons. The summed E-state index contributed by atoms with van der Waals surface area (Å²) >= 11 is 0. The number of aryl methyl sites for hydroxylation is 1. The van der Waals surface area contributed by atoms with E-state index in [9.17, 15) is 23.1 Å². The minimum Gasteiger partial charge on any atom is -0.481 e. The molecular formula is C20H23NO5S. The molecule has 0 radical (unpaired) electrons. The number of carbonyl (C=O) groups excluding carboxylic acids is 1. The highest BCUT2D eigenvalue weighted by Gasteiger charge is 2.22. The average Bonchev–Trinajstić information content (AvgIpc) is 2.63. The summed E-state index contributed by atoms with van der Waals surface area (Å²) in [4.78, 5) is 23.4. The largest absolute Gasteiger partial charge is 0.481 e. The van der Waals surface area contributed by atoms with Gasteiger partial charge in [0.2, 0.25) is 5.91 Å². The molecule has 0 aromatic heterocycles. The van der Waals surface area contributed by atoms with E-state index >= 15 is 0 Å². The Kier molecular flexibility index (Phi) is 7.55. The van der Waals surface area contributed by atoms with Gasteiger partial charge in [-0.05, 0) is 24.0 Å². The van der Waals surface area contributed by atoms with Crippen molar-refractivity contribution < 1.29 is 23.1 Å². The van der Waals surface area contributed by atoms with E-state index in [4.69, 9.17) is 0 Å². The third kappa shape index (κ3) is 7.22. The number of carbonyl (C=O) groups is 2. The van der Waals surface area contributed by atoms with Crippen molar-refractivity contribution in [3.05, 3.63) is 71.8 Å². The normalized spacial score (nSPS) is 12.3. The number of rotatable bonds is 10. The molecule has 2 aromatic carbocycles. The molecule has 0 bridgehead atoms. The van der Waals surface area contributed by atoms with Gasteiger partial charge in [0.1, 0.15) is 5.75 Å². The summed E-state index contributed by atoms with van der Waals surface area (Å²) in [6.45, 7) is -0.155. The Morgan fingerprint density at radius 1 is 0.963 bits per heavy atom. The number of hydrogen-bond donors (Lipinski definition) is 2. The Bertz CT molecular complexity index is 850. The quantitative estimate of drug-likeness (QED) is 0.647. The van der Waals surface area contributed by atoms with Gasteiger partial charge in [-0.2, -0.15) is 0 Å². The Labute approximate surface area is 159 Å². The van der Waals surface area contributed by atoms with Crippen LogP contribution in [0.3, 0.4) is 0 Å². The second kappa shape index (κ2) is 9.87. The highest BCUT2D eigenvalue weighted by atomic mass is 32.2. The molecule has 1 unspecified atom stereocenters. The lowest BCUT2D eigenvalue weighted by Gasteiger charge is -2.14. The van der Waals surface area contributed by atoms with Crippen LogP contribution in [0, 0.1) is 0 Å². The van der Waals surface area contributed by atoms with Crippen molar-refractivity contribution in [2.45, 2.75) is 18.8 Å². The Balaban J connectivity index is 1.81. The van der Waals surface area contributed by atoms with Crippen molar-refractivity contribution in [3.8, 4) is 0 Å². The van der Waals surface area contributed by atoms with Gasteiger partial charge in [0, 0.05) is 6.54 Å². The van der Waals surface area contributed by atoms with Crippen LogP contribution in [0.4, 0.5) is 0 Å². The van der Waals surface area contributed by atoms with E-state index in [-0.39, 0.29) is 12.3 Å². The van der Waals surface area contributed by atoms with E-state index in [0.717, 1.165) is 5.56 Å². The fourth-order valence-corrected chi connectivity index (χ4v) is 3.94. The van der Waals surface area contributed by atoms with Gasteiger partial charge in [0.05, 0.1) is 11.7 Å². The van der Waals surface area contributed by atoms with E-state index in [1.807, 2.05) is 30.3 Å². The molecule has 0 aliphatic carbocycles. The number of amides is 1. The maximum absolute atomic E-state index is 12.1. The van der Waals surface area contributed by atoms with Crippen molar-refractivity contribution >= 4 is 21.7 Å². The molecule has 0 heterocycles. The number of carboxylic acids is 1. The number of aliphatic carboxylic acids is 1. The summed E-state index contributed by atoms with van der Waals surface area (Å²) < 4.78 is 24.2. The van der Waals surface area contributed by atoms with Crippen molar-refractivity contribution in [3.63, 3.8) is 0 Å². The Morgan fingerprint density at radius 2 is 1.56 bits per heavy atom. The molecular weight excluding hydrogens is 366 g/mol. The second-order valence-corrected chi connectivity index (χ2v) is 8.47. The van der Waals surface area contributed by atoms with Crippen LogP contribution in [0.5, 0.6) is 0 Å². The third-order valence-electron chi connectivity index (χ3n) is 4.12. The van der Waals surface area contributed by atoms with Crippen LogP contribution in [-0.4, -0.2) is 43.5 Å². The molecule has 0 saturated heterocycles. The molecule has 2 N–H and O–H groups in total. The number of nitrogens with one attached hydrogen (secondary N) is 1. The van der Waals surface area contributed by atoms with Gasteiger partial charge in [-0.1, -0.05) is 60.7 Å². The summed E-state index contributed by atoms with van der Waals surface area (Å²) in [5.74, 6) is -3.40. The van der Waals surface area contributed by atoms with Crippen molar-refractivity contribution in [1.29, 1.82) is 0 Å². The second-order valence-electron chi connectivity index (χ2n) is 6.29. The summed E-state index contributed by atoms with van der Waals surface area (Å²) in [5.41, 5.74) is 1.60. The highest BCUT2D eigenvalue weighted by Crippen LogP contribution is 2.14. The lowest BCUT2D eigenvalue weighted by atomic mass is 9.99. The highest BCUT2D eigenvalue weighted by molar-refractivity contribution is 7.92. The van der Waals surface area contributed by atoms with E-state index in [1.54, 1.807) is 30.3 Å². The zero-order valence-electron chi connectivity index (χ0n) is 14.9. The number of carboxylic acid groups (broad SMARTS) is 1. The van der Waals surface area contributed by atoms with Crippen molar-refractivity contribution in [2.75, 3.05) is 18.1 Å². The van der Waals surface area contributed by atoms with Crippen LogP contribution in [0.2, 0.25) is 0 Å². The molecule has 0 fully saturated rings. The van der Waals surface area contributed by atoms with Crippen molar-refractivity contribution in [2.24, 2.45) is 0 Å². The molecule has 7 heteroatoms. The van der Waals surface area contributed by atoms with Crippen LogP contribution >= 0.6 is 0 Å². The number of hydrogen-bond acceptors (Lipinski definition) is 4. The maximum Gasteiger partial charge on any atom is 0.312 e. The van der Waals surface area contributed by atoms with Crippen LogP contribution < -0.4 is 5.32 Å². The van der Waals surface area contributed by atoms with E-state index in [2.05, 4.69) is 5.32 Å². The maximum atomic E-state index is 12.1. The van der Waals surface area contributed by atoms with Crippen LogP contribution in [0.1, 0.15) is 23.5 Å². The van der Waals surface area contributed by atoms with Gasteiger partial charge in [0.15, 0.2) is 9.84 Å². The molecule has 0 spiro atoms. The summed E-state index contributed by atoms with van der Waals surface area (Å²) in [5, 5.41) is 11.8. The van der Waals surface area contributed by atoms with Crippen LogP contribution in [0.15, 0.2) is 60.7 Å². The molecule has 0 aliphatic rings. The standard InChI is InChI=1S/C20H23NO5S/c22-19(21-14-18(20(23)24)17-11-5-2-6-12-17)15-27(25,26)13-7-10-16-8-3-1-4-9-16/h1-6,8-9,11-12,18H,7,10,13-15H2,(H,21,22)(H,23,24). The van der Waals surface area contributed by atoms with Gasteiger partial charge in [0.25, 0.3) is 0 Å². The summed E-state index contributed by atoms with van der Waals surface area (Å²) in [6, 6.07) is 18.0. The minimum absolute atomic E-state index is 0.0869. The van der Waals surface area contributed by atoms with E-state index in [0.29, 0.717) is 18.4 Å². The first-order chi connectivity index (χ1) is 12.9. The molecule has 27 heavy (non-hydrogen) atoms. The Hall–Kier alpha value is -2.67. The van der Waals surface area contributed by atoms with E-state index in [1.165, 1.54) is 0 Å². The van der Waals surface area contributed by atoms with Gasteiger partial charge in [-0.15, -0.1) is 0 Å². The zero-order chi connectivity index (χ0) is 19.7. The van der Waals surface area contributed by atoms with Crippen molar-refractivity contribution in [1.82, 2.24) is 5.32 Å². The SMILES string of the molecule is O=C(CS(=O)(=O)CCCc1ccccc1)NCC(C(=O)O)c1ccccc1. The molecule has 1 amide bonds. The Morgan fingerprint density at radius 3 is 2.15 bits per heavy atom. The van der Waals surface area contributed by atoms with Gasteiger partial charge >= 0.3 is 5.97 Å². The molecule has 1 atom stereocenters. The smallest absolute Gasteiger partial charge is 0.312 e. The van der Waals surface area contributed by atoms with Gasteiger partial charge in [-0.3, -0.25) is 9.59 Å². The first-order valence-electron chi connectivity index (χ1n) is 8.66. The van der Waals surface area contributed by atoms with E-state index < -0.39 is 33.4 Å². The monoisotopic (exact) mass is 389 g/mol. The van der Waals surface area contributed by atoms with Crippen LogP contribution in [0.25, 0.3) is 0 Å². The fourth-order valence-electron chi connectivity index (χ4n) is 2.71. The first-order valence-corrected chi connectivity index (χ1v) is 10.5. The predicted octanol–water partition coefficient (Wildman–Crippen LogP) is 2.02. The topological polar surface area (TPSA) is 101 Å². The molecule has 0 aliphatic heterocycles. The van der Waals surface area contributed by atoms with Gasteiger partial charge < -0.3 is 10.4 Å². The summed E-state index contributed by atoms with van der Waals surface area (Å²) in [6.07, 6.45) is 1.05. The van der Waals surface area contributed by atoms with Gasteiger partial charge in [-0.25, -0.2) is 8.42 Å². The first kappa shape index (κ1) is 20.6. The average molecular weight is 389 g/mol. The molecule has 2 aromatic rings. The lowest BCUT2D eigenvalue weighted by Crippen LogP contribution is -2.36. The number of sulfone groups is 1. The lowest BCUT2D eigenvalue weighted by molar-refractivity contribution is -0.138. The predicted molar refractivity (Wildman–Crippen MR) is 103 cm³/mol. The van der Waals surface area contributed by atoms with Crippen LogP contribution in [-0.2, 0) is 25.8 Å². The molecule has 2 rings (SSSR count). The minimum atomic E-state index is -3.54. The molecule has 0 saturated carbocycles. The fraction of sp³-hybridized carbons (Fsp3) is 0.300. The summed E-state index contributed by atoms with van der Waals surface area (Å²) in [7, 11) is -3.54.